The molecule has 0 fully saturated rings. The molecule has 0 amide bonds. The number of aromatic nitrogens is 2. The van der Waals surface area contributed by atoms with Crippen molar-refractivity contribution < 1.29 is 4.74 Å². The molecule has 1 heterocycles. The Hall–Kier alpha value is -1.81. The molecule has 96 valence electrons. The summed E-state index contributed by atoms with van der Waals surface area (Å²) in [4.78, 5) is 0. The molecule has 0 radical (unpaired) electrons. The standard InChI is InChI=1S/C14H19N3O/c1-11(13-8-15-17(2)9-13)16-14-6-4-5-12(7-14)10-18-3/h4-9,11,16H,10H2,1-3H3. The number of aryl methyl sites for hydroxylation is 1. The highest BCUT2D eigenvalue weighted by atomic mass is 16.5. The highest BCUT2D eigenvalue weighted by Crippen LogP contribution is 2.19. The molecule has 4 nitrogen and oxygen atoms in total. The van der Waals surface area contributed by atoms with Crippen LogP contribution in [0.2, 0.25) is 0 Å². The number of ether oxygens (including phenoxy) is 1. The zero-order valence-electron chi connectivity index (χ0n) is 11.1. The summed E-state index contributed by atoms with van der Waals surface area (Å²) in [5.74, 6) is 0. The average Bonchev–Trinajstić information content (AvgIpc) is 2.77. The normalized spacial score (nSPS) is 12.4. The number of methoxy groups -OCH3 is 1. The minimum atomic E-state index is 0.233. The molecule has 1 aromatic heterocycles. The lowest BCUT2D eigenvalue weighted by atomic mass is 10.1. The van der Waals surface area contributed by atoms with Gasteiger partial charge in [0.25, 0.3) is 0 Å². The molecule has 0 saturated carbocycles. The van der Waals surface area contributed by atoms with Crippen LogP contribution in [0.4, 0.5) is 5.69 Å². The van der Waals surface area contributed by atoms with E-state index in [1.54, 1.807) is 7.11 Å². The van der Waals surface area contributed by atoms with E-state index in [0.29, 0.717) is 6.61 Å². The van der Waals surface area contributed by atoms with Crippen molar-refractivity contribution in [2.75, 3.05) is 12.4 Å². The van der Waals surface area contributed by atoms with Crippen LogP contribution in [-0.4, -0.2) is 16.9 Å². The SMILES string of the molecule is COCc1cccc(NC(C)c2cnn(C)c2)c1. The molecule has 2 rings (SSSR count). The number of nitrogens with one attached hydrogen (secondary N) is 1. The van der Waals surface area contributed by atoms with E-state index in [1.165, 1.54) is 11.1 Å². The minimum Gasteiger partial charge on any atom is -0.380 e. The van der Waals surface area contributed by atoms with Gasteiger partial charge in [0.05, 0.1) is 18.8 Å². The van der Waals surface area contributed by atoms with Crippen LogP contribution >= 0.6 is 0 Å². The molecule has 0 saturated heterocycles. The lowest BCUT2D eigenvalue weighted by Gasteiger charge is -2.14. The molecule has 2 aromatic rings. The highest BCUT2D eigenvalue weighted by molar-refractivity contribution is 5.47. The van der Waals surface area contributed by atoms with E-state index in [1.807, 2.05) is 30.2 Å². The first kappa shape index (κ1) is 12.6. The summed E-state index contributed by atoms with van der Waals surface area (Å²) in [6.07, 6.45) is 3.91. The lowest BCUT2D eigenvalue weighted by molar-refractivity contribution is 0.185. The predicted molar refractivity (Wildman–Crippen MR) is 72.4 cm³/mol. The second kappa shape index (κ2) is 5.69. The van der Waals surface area contributed by atoms with Crippen LogP contribution in [0.25, 0.3) is 0 Å². The molecule has 0 bridgehead atoms. The number of rotatable bonds is 5. The van der Waals surface area contributed by atoms with Gasteiger partial charge < -0.3 is 10.1 Å². The second-order valence-corrected chi connectivity index (χ2v) is 4.45. The molecular weight excluding hydrogens is 226 g/mol. The fraction of sp³-hybridized carbons (Fsp3) is 0.357. The van der Waals surface area contributed by atoms with Crippen molar-refractivity contribution in [3.05, 3.63) is 47.8 Å². The number of anilines is 1. The molecular formula is C14H19N3O. The van der Waals surface area contributed by atoms with Gasteiger partial charge >= 0.3 is 0 Å². The molecule has 18 heavy (non-hydrogen) atoms. The maximum Gasteiger partial charge on any atom is 0.0713 e. The predicted octanol–water partition coefficient (Wildman–Crippen LogP) is 2.74. The van der Waals surface area contributed by atoms with Crippen LogP contribution in [0.15, 0.2) is 36.7 Å². The summed E-state index contributed by atoms with van der Waals surface area (Å²) < 4.78 is 6.95. The topological polar surface area (TPSA) is 39.1 Å². The van der Waals surface area contributed by atoms with Crippen molar-refractivity contribution in [3.8, 4) is 0 Å². The van der Waals surface area contributed by atoms with Crippen molar-refractivity contribution >= 4 is 5.69 Å². The lowest BCUT2D eigenvalue weighted by Crippen LogP contribution is -2.06. The Morgan fingerprint density at radius 1 is 1.44 bits per heavy atom. The summed E-state index contributed by atoms with van der Waals surface area (Å²) in [5, 5.41) is 7.64. The van der Waals surface area contributed by atoms with E-state index in [2.05, 4.69) is 35.5 Å². The van der Waals surface area contributed by atoms with Gasteiger partial charge in [0.15, 0.2) is 0 Å². The maximum atomic E-state index is 5.13. The highest BCUT2D eigenvalue weighted by Gasteiger charge is 2.07. The summed E-state index contributed by atoms with van der Waals surface area (Å²) in [6.45, 7) is 2.76. The van der Waals surface area contributed by atoms with Crippen LogP contribution in [-0.2, 0) is 18.4 Å². The van der Waals surface area contributed by atoms with Crippen molar-refractivity contribution in [3.63, 3.8) is 0 Å². The van der Waals surface area contributed by atoms with Crippen LogP contribution in [0.3, 0.4) is 0 Å². The van der Waals surface area contributed by atoms with Crippen LogP contribution in [0, 0.1) is 0 Å². The molecule has 4 heteroatoms. The van der Waals surface area contributed by atoms with Crippen LogP contribution in [0.5, 0.6) is 0 Å². The quantitative estimate of drug-likeness (QED) is 0.880. The molecule has 0 aliphatic carbocycles. The van der Waals surface area contributed by atoms with Crippen molar-refractivity contribution in [2.24, 2.45) is 7.05 Å². The van der Waals surface area contributed by atoms with Crippen LogP contribution in [0.1, 0.15) is 24.1 Å². The van der Waals surface area contributed by atoms with Crippen LogP contribution < -0.4 is 5.32 Å². The van der Waals surface area contributed by atoms with Gasteiger partial charge in [-0.05, 0) is 24.6 Å². The van der Waals surface area contributed by atoms with Crippen molar-refractivity contribution in [2.45, 2.75) is 19.6 Å². The Kier molecular flexibility index (Phi) is 3.99. The van der Waals surface area contributed by atoms with Gasteiger partial charge in [-0.25, -0.2) is 0 Å². The molecule has 0 spiro atoms. The van der Waals surface area contributed by atoms with E-state index in [0.717, 1.165) is 5.69 Å². The van der Waals surface area contributed by atoms with Crippen molar-refractivity contribution in [1.82, 2.24) is 9.78 Å². The summed E-state index contributed by atoms with van der Waals surface area (Å²) in [6, 6.07) is 8.50. The average molecular weight is 245 g/mol. The number of nitrogens with zero attached hydrogens (tertiary/aromatic N) is 2. The smallest absolute Gasteiger partial charge is 0.0713 e. The summed E-state index contributed by atoms with van der Waals surface area (Å²) in [7, 11) is 3.63. The first-order valence-electron chi connectivity index (χ1n) is 6.02. The first-order valence-corrected chi connectivity index (χ1v) is 6.02. The zero-order chi connectivity index (χ0) is 13.0. The summed E-state index contributed by atoms with van der Waals surface area (Å²) in [5.41, 5.74) is 3.44. The van der Waals surface area contributed by atoms with E-state index in [-0.39, 0.29) is 6.04 Å². The fourth-order valence-electron chi connectivity index (χ4n) is 1.91. The second-order valence-electron chi connectivity index (χ2n) is 4.45. The van der Waals surface area contributed by atoms with Gasteiger partial charge in [-0.2, -0.15) is 5.10 Å². The monoisotopic (exact) mass is 245 g/mol. The van der Waals surface area contributed by atoms with Crippen molar-refractivity contribution in [1.29, 1.82) is 0 Å². The fourth-order valence-corrected chi connectivity index (χ4v) is 1.91. The zero-order valence-corrected chi connectivity index (χ0v) is 11.1. The van der Waals surface area contributed by atoms with E-state index in [4.69, 9.17) is 4.74 Å². The third-order valence-electron chi connectivity index (χ3n) is 2.85. The van der Waals surface area contributed by atoms with Gasteiger partial charge in [-0.3, -0.25) is 4.68 Å². The molecule has 1 N–H and O–H groups in total. The van der Waals surface area contributed by atoms with E-state index >= 15 is 0 Å². The Morgan fingerprint density at radius 2 is 2.28 bits per heavy atom. The molecule has 1 unspecified atom stereocenters. The number of hydrogen-bond donors (Lipinski definition) is 1. The summed E-state index contributed by atoms with van der Waals surface area (Å²) >= 11 is 0. The third-order valence-corrected chi connectivity index (χ3v) is 2.85. The molecule has 0 aliphatic heterocycles. The maximum absolute atomic E-state index is 5.13. The van der Waals surface area contributed by atoms with Gasteiger partial charge in [0.2, 0.25) is 0 Å². The van der Waals surface area contributed by atoms with Gasteiger partial charge in [0, 0.05) is 31.6 Å². The first-order chi connectivity index (χ1) is 8.69. The Morgan fingerprint density at radius 3 is 2.94 bits per heavy atom. The Labute approximate surface area is 108 Å². The Balaban J connectivity index is 2.06. The van der Waals surface area contributed by atoms with E-state index < -0.39 is 0 Å². The number of hydrogen-bond acceptors (Lipinski definition) is 3. The molecule has 0 aliphatic rings. The molecule has 1 aromatic carbocycles. The van der Waals surface area contributed by atoms with Gasteiger partial charge in [-0.1, -0.05) is 12.1 Å². The Bertz CT molecular complexity index is 507. The molecule has 1 atom stereocenters. The largest absolute Gasteiger partial charge is 0.380 e. The third kappa shape index (κ3) is 3.11. The van der Waals surface area contributed by atoms with Gasteiger partial charge in [-0.15, -0.1) is 0 Å². The number of benzene rings is 1. The van der Waals surface area contributed by atoms with E-state index in [9.17, 15) is 0 Å². The van der Waals surface area contributed by atoms with Gasteiger partial charge in [0.1, 0.15) is 0 Å². The minimum absolute atomic E-state index is 0.233.